The molecule has 0 aromatic carbocycles. The van der Waals surface area contributed by atoms with Crippen LogP contribution in [0.2, 0.25) is 0 Å². The second-order valence-electron chi connectivity index (χ2n) is 5.74. The first-order valence-corrected chi connectivity index (χ1v) is 8.05. The Morgan fingerprint density at radius 2 is 2.10 bits per heavy atom. The molecular weight excluding hydrogens is 274 g/mol. The molecular formula is C15H19NO3S. The van der Waals surface area contributed by atoms with Gasteiger partial charge in [-0.1, -0.05) is 0 Å². The van der Waals surface area contributed by atoms with Crippen LogP contribution in [-0.2, 0) is 17.6 Å². The molecule has 4 nitrogen and oxygen atoms in total. The van der Waals surface area contributed by atoms with Gasteiger partial charge < -0.3 is 10.0 Å². The van der Waals surface area contributed by atoms with E-state index in [-0.39, 0.29) is 11.9 Å². The van der Waals surface area contributed by atoms with Gasteiger partial charge in [-0.05, 0) is 50.7 Å². The first-order chi connectivity index (χ1) is 9.58. The largest absolute Gasteiger partial charge is 0.481 e. The normalized spacial score (nSPS) is 25.6. The Kier molecular flexibility index (Phi) is 3.54. The average molecular weight is 293 g/mol. The number of nitrogens with zero attached hydrogens (tertiary/aromatic N) is 1. The SMILES string of the molecule is CC1C(C(=O)O)CCN1C(=O)c1cc2c(s1)CCCC2. The van der Waals surface area contributed by atoms with E-state index in [1.807, 2.05) is 13.0 Å². The molecule has 0 radical (unpaired) electrons. The van der Waals surface area contributed by atoms with Crippen molar-refractivity contribution in [3.05, 3.63) is 21.4 Å². The Morgan fingerprint density at radius 1 is 1.35 bits per heavy atom. The van der Waals surface area contributed by atoms with Crippen LogP contribution in [0.3, 0.4) is 0 Å². The predicted octanol–water partition coefficient (Wildman–Crippen LogP) is 2.56. The minimum Gasteiger partial charge on any atom is -0.481 e. The number of carboxylic acids is 1. The van der Waals surface area contributed by atoms with Gasteiger partial charge >= 0.3 is 5.97 Å². The van der Waals surface area contributed by atoms with Crippen molar-refractivity contribution in [2.24, 2.45) is 5.92 Å². The number of rotatable bonds is 2. The lowest BCUT2D eigenvalue weighted by atomic mass is 9.99. The molecule has 0 spiro atoms. The van der Waals surface area contributed by atoms with Crippen LogP contribution >= 0.6 is 11.3 Å². The molecule has 20 heavy (non-hydrogen) atoms. The third-order valence-corrected chi connectivity index (χ3v) is 5.77. The highest BCUT2D eigenvalue weighted by Gasteiger charge is 2.38. The summed E-state index contributed by atoms with van der Waals surface area (Å²) < 4.78 is 0. The van der Waals surface area contributed by atoms with E-state index < -0.39 is 11.9 Å². The number of amides is 1. The summed E-state index contributed by atoms with van der Waals surface area (Å²) in [7, 11) is 0. The third-order valence-electron chi connectivity index (χ3n) is 4.54. The van der Waals surface area contributed by atoms with Gasteiger partial charge in [0.25, 0.3) is 5.91 Å². The second-order valence-corrected chi connectivity index (χ2v) is 6.88. The number of likely N-dealkylation sites (tertiary alicyclic amines) is 1. The van der Waals surface area contributed by atoms with Crippen molar-refractivity contribution in [3.63, 3.8) is 0 Å². The summed E-state index contributed by atoms with van der Waals surface area (Å²) in [5.74, 6) is -1.20. The number of hydrogen-bond acceptors (Lipinski definition) is 3. The van der Waals surface area contributed by atoms with E-state index in [0.29, 0.717) is 13.0 Å². The quantitative estimate of drug-likeness (QED) is 0.911. The van der Waals surface area contributed by atoms with Gasteiger partial charge in [0.05, 0.1) is 10.8 Å². The Bertz CT molecular complexity index is 528. The molecule has 2 unspecified atom stereocenters. The van der Waals surface area contributed by atoms with E-state index in [9.17, 15) is 9.59 Å². The fourth-order valence-corrected chi connectivity index (χ4v) is 4.50. The highest BCUT2D eigenvalue weighted by Crippen LogP contribution is 2.32. The summed E-state index contributed by atoms with van der Waals surface area (Å²) in [6.45, 7) is 2.40. The van der Waals surface area contributed by atoms with Crippen molar-refractivity contribution in [2.45, 2.75) is 45.1 Å². The van der Waals surface area contributed by atoms with Crippen molar-refractivity contribution in [1.82, 2.24) is 4.90 Å². The fraction of sp³-hybridized carbons (Fsp3) is 0.600. The molecule has 3 rings (SSSR count). The lowest BCUT2D eigenvalue weighted by molar-refractivity contribution is -0.142. The standard InChI is InChI=1S/C15H19NO3S/c1-9-11(15(18)19)6-7-16(9)14(17)13-8-10-4-2-3-5-12(10)20-13/h8-9,11H,2-7H2,1H3,(H,18,19). The van der Waals surface area contributed by atoms with E-state index in [1.165, 1.54) is 23.3 Å². The Morgan fingerprint density at radius 3 is 2.75 bits per heavy atom. The molecule has 2 aliphatic rings. The van der Waals surface area contributed by atoms with Crippen LogP contribution < -0.4 is 0 Å². The number of carbonyl (C=O) groups excluding carboxylic acids is 1. The highest BCUT2D eigenvalue weighted by molar-refractivity contribution is 7.14. The summed E-state index contributed by atoms with van der Waals surface area (Å²) in [4.78, 5) is 27.6. The van der Waals surface area contributed by atoms with Crippen molar-refractivity contribution < 1.29 is 14.7 Å². The smallest absolute Gasteiger partial charge is 0.308 e. The zero-order valence-corrected chi connectivity index (χ0v) is 12.4. The van der Waals surface area contributed by atoms with Crippen LogP contribution in [0.15, 0.2) is 6.07 Å². The molecule has 1 aromatic heterocycles. The van der Waals surface area contributed by atoms with E-state index in [2.05, 4.69) is 0 Å². The molecule has 5 heteroatoms. The number of hydrogen-bond donors (Lipinski definition) is 1. The molecule has 1 saturated heterocycles. The third kappa shape index (κ3) is 2.24. The summed E-state index contributed by atoms with van der Waals surface area (Å²) in [6, 6.07) is 1.82. The van der Waals surface area contributed by atoms with Crippen LogP contribution in [0.4, 0.5) is 0 Å². The number of aliphatic carboxylic acids is 1. The maximum absolute atomic E-state index is 12.6. The van der Waals surface area contributed by atoms with Gasteiger partial charge in [-0.15, -0.1) is 11.3 Å². The summed E-state index contributed by atoms with van der Waals surface area (Å²) in [6.07, 6.45) is 5.14. The van der Waals surface area contributed by atoms with Crippen molar-refractivity contribution >= 4 is 23.2 Å². The maximum Gasteiger partial charge on any atom is 0.308 e. The molecule has 108 valence electrons. The average Bonchev–Trinajstić information content (AvgIpc) is 3.01. The van der Waals surface area contributed by atoms with E-state index in [0.717, 1.165) is 17.7 Å². The molecule has 1 aliphatic heterocycles. The van der Waals surface area contributed by atoms with Gasteiger partial charge in [-0.25, -0.2) is 0 Å². The minimum atomic E-state index is -0.793. The molecule has 1 aliphatic carbocycles. The number of thiophene rings is 1. The van der Waals surface area contributed by atoms with E-state index >= 15 is 0 Å². The summed E-state index contributed by atoms with van der Waals surface area (Å²) in [5.41, 5.74) is 1.33. The van der Waals surface area contributed by atoms with Gasteiger partial charge in [-0.3, -0.25) is 9.59 Å². The molecule has 1 amide bonds. The predicted molar refractivity (Wildman–Crippen MR) is 77.2 cm³/mol. The zero-order valence-electron chi connectivity index (χ0n) is 11.6. The van der Waals surface area contributed by atoms with Crippen molar-refractivity contribution in [1.29, 1.82) is 0 Å². The van der Waals surface area contributed by atoms with Crippen LogP contribution in [-0.4, -0.2) is 34.5 Å². The van der Waals surface area contributed by atoms with Gasteiger partial charge in [0.2, 0.25) is 0 Å². The number of carbonyl (C=O) groups is 2. The number of carboxylic acid groups (broad SMARTS) is 1. The van der Waals surface area contributed by atoms with Crippen molar-refractivity contribution in [2.75, 3.05) is 6.54 Å². The van der Waals surface area contributed by atoms with Gasteiger partial charge in [0.15, 0.2) is 0 Å². The number of fused-ring (bicyclic) bond motifs is 1. The molecule has 2 heterocycles. The first-order valence-electron chi connectivity index (χ1n) is 7.23. The van der Waals surface area contributed by atoms with Gasteiger partial charge in [-0.2, -0.15) is 0 Å². The van der Waals surface area contributed by atoms with Crippen LogP contribution in [0.5, 0.6) is 0 Å². The maximum atomic E-state index is 12.6. The zero-order chi connectivity index (χ0) is 14.3. The summed E-state index contributed by atoms with van der Waals surface area (Å²) >= 11 is 1.60. The summed E-state index contributed by atoms with van der Waals surface area (Å²) in [5, 5.41) is 9.15. The lowest BCUT2D eigenvalue weighted by Crippen LogP contribution is -2.37. The van der Waals surface area contributed by atoms with Crippen LogP contribution in [0.1, 0.15) is 46.3 Å². The van der Waals surface area contributed by atoms with E-state index in [1.54, 1.807) is 16.2 Å². The highest BCUT2D eigenvalue weighted by atomic mass is 32.1. The van der Waals surface area contributed by atoms with Gasteiger partial charge in [0.1, 0.15) is 0 Å². The lowest BCUT2D eigenvalue weighted by Gasteiger charge is -2.22. The van der Waals surface area contributed by atoms with Crippen LogP contribution in [0, 0.1) is 5.92 Å². The number of aryl methyl sites for hydroxylation is 2. The Hall–Kier alpha value is -1.36. The molecule has 1 fully saturated rings. The molecule has 1 aromatic rings. The van der Waals surface area contributed by atoms with Gasteiger partial charge in [0, 0.05) is 17.5 Å². The molecule has 0 bridgehead atoms. The fourth-order valence-electron chi connectivity index (χ4n) is 3.29. The molecule has 0 saturated carbocycles. The van der Waals surface area contributed by atoms with Crippen LogP contribution in [0.25, 0.3) is 0 Å². The minimum absolute atomic E-state index is 0.0145. The van der Waals surface area contributed by atoms with Crippen molar-refractivity contribution in [3.8, 4) is 0 Å². The Labute approximate surface area is 122 Å². The first kappa shape index (κ1) is 13.6. The molecule has 2 atom stereocenters. The molecule has 1 N–H and O–H groups in total. The monoisotopic (exact) mass is 293 g/mol. The topological polar surface area (TPSA) is 57.6 Å². The second kappa shape index (κ2) is 5.20. The van der Waals surface area contributed by atoms with E-state index in [4.69, 9.17) is 5.11 Å². The Balaban J connectivity index is 1.79.